The molecule has 5 heteroatoms. The Bertz CT molecular complexity index is 444. The fraction of sp³-hybridized carbons (Fsp3) is 0.500. The summed E-state index contributed by atoms with van der Waals surface area (Å²) in [6.45, 7) is 3.54. The second-order valence-corrected chi connectivity index (χ2v) is 4.90. The first kappa shape index (κ1) is 13.8. The summed E-state index contributed by atoms with van der Waals surface area (Å²) in [7, 11) is 0. The number of carbonyl (C=O) groups excluding carboxylic acids is 1. The van der Waals surface area contributed by atoms with Crippen molar-refractivity contribution in [2.24, 2.45) is 0 Å². The van der Waals surface area contributed by atoms with Crippen LogP contribution in [0.1, 0.15) is 29.6 Å². The smallest absolute Gasteiger partial charge is 0.254 e. The molecule has 1 aromatic rings. The van der Waals surface area contributed by atoms with Gasteiger partial charge in [-0.25, -0.2) is 4.39 Å². The lowest BCUT2D eigenvalue weighted by atomic mass is 10.1. The van der Waals surface area contributed by atoms with Crippen LogP contribution in [0.25, 0.3) is 0 Å². The van der Waals surface area contributed by atoms with Gasteiger partial charge in [-0.3, -0.25) is 4.79 Å². The Morgan fingerprint density at radius 1 is 1.32 bits per heavy atom. The van der Waals surface area contributed by atoms with Gasteiger partial charge in [-0.15, -0.1) is 0 Å². The summed E-state index contributed by atoms with van der Waals surface area (Å²) in [6.07, 6.45) is 3.74. The molecule has 2 rings (SSSR count). The second kappa shape index (κ2) is 6.52. The highest BCUT2D eigenvalue weighted by atomic mass is 19.1. The van der Waals surface area contributed by atoms with Crippen LogP contribution in [0.15, 0.2) is 18.2 Å². The molecule has 4 nitrogen and oxygen atoms in total. The van der Waals surface area contributed by atoms with Crippen LogP contribution in [-0.4, -0.2) is 37.0 Å². The lowest BCUT2D eigenvalue weighted by Gasteiger charge is -2.26. The number of nitrogens with two attached hydrogens (primary N) is 1. The third-order valence-corrected chi connectivity index (χ3v) is 3.40. The molecule has 104 valence electrons. The highest BCUT2D eigenvalue weighted by Crippen LogP contribution is 2.11. The van der Waals surface area contributed by atoms with Crippen molar-refractivity contribution in [2.45, 2.75) is 19.3 Å². The van der Waals surface area contributed by atoms with Gasteiger partial charge in [-0.05, 0) is 44.1 Å². The minimum Gasteiger partial charge on any atom is -0.399 e. The van der Waals surface area contributed by atoms with Crippen molar-refractivity contribution in [2.75, 3.05) is 31.9 Å². The molecule has 1 aliphatic heterocycles. The monoisotopic (exact) mass is 265 g/mol. The Kier molecular flexibility index (Phi) is 4.74. The molecule has 0 aromatic heterocycles. The summed E-state index contributed by atoms with van der Waals surface area (Å²) >= 11 is 0. The van der Waals surface area contributed by atoms with Gasteiger partial charge in [-0.1, -0.05) is 6.42 Å². The first-order valence-corrected chi connectivity index (χ1v) is 6.72. The Morgan fingerprint density at radius 2 is 2.05 bits per heavy atom. The van der Waals surface area contributed by atoms with Crippen molar-refractivity contribution in [3.05, 3.63) is 29.6 Å². The normalized spacial score (nSPS) is 16.3. The minimum absolute atomic E-state index is 0.0489. The van der Waals surface area contributed by atoms with Gasteiger partial charge in [0, 0.05) is 18.8 Å². The fourth-order valence-electron chi connectivity index (χ4n) is 2.32. The quantitative estimate of drug-likeness (QED) is 0.813. The highest BCUT2D eigenvalue weighted by molar-refractivity contribution is 5.94. The number of nitrogens with zero attached hydrogens (tertiary/aromatic N) is 1. The lowest BCUT2D eigenvalue weighted by molar-refractivity contribution is 0.0942. The molecule has 0 aliphatic carbocycles. The van der Waals surface area contributed by atoms with Crippen molar-refractivity contribution in [1.29, 1.82) is 0 Å². The average Bonchev–Trinajstić information content (AvgIpc) is 2.39. The molecule has 1 aromatic carbocycles. The number of likely N-dealkylation sites (tertiary alicyclic amines) is 1. The van der Waals surface area contributed by atoms with Gasteiger partial charge < -0.3 is 16.0 Å². The molecule has 0 saturated carbocycles. The zero-order chi connectivity index (χ0) is 13.7. The van der Waals surface area contributed by atoms with Gasteiger partial charge in [0.2, 0.25) is 0 Å². The average molecular weight is 265 g/mol. The molecule has 0 bridgehead atoms. The molecule has 1 fully saturated rings. The molecule has 1 aliphatic rings. The molecule has 0 radical (unpaired) electrons. The number of anilines is 1. The number of amides is 1. The molecule has 0 unspecified atom stereocenters. The van der Waals surface area contributed by atoms with Gasteiger partial charge in [-0.2, -0.15) is 0 Å². The zero-order valence-electron chi connectivity index (χ0n) is 11.0. The summed E-state index contributed by atoms with van der Waals surface area (Å²) in [5.74, 6) is -0.954. The van der Waals surface area contributed by atoms with E-state index >= 15 is 0 Å². The highest BCUT2D eigenvalue weighted by Gasteiger charge is 2.13. The van der Waals surface area contributed by atoms with Crippen molar-refractivity contribution in [3.8, 4) is 0 Å². The van der Waals surface area contributed by atoms with Gasteiger partial charge in [0.05, 0.1) is 5.56 Å². The van der Waals surface area contributed by atoms with E-state index in [1.807, 2.05) is 0 Å². The van der Waals surface area contributed by atoms with Crippen LogP contribution in [0, 0.1) is 5.82 Å². The zero-order valence-corrected chi connectivity index (χ0v) is 11.0. The van der Waals surface area contributed by atoms with E-state index in [9.17, 15) is 9.18 Å². The topological polar surface area (TPSA) is 58.4 Å². The third kappa shape index (κ3) is 3.92. The van der Waals surface area contributed by atoms with Crippen LogP contribution in [-0.2, 0) is 0 Å². The second-order valence-electron chi connectivity index (χ2n) is 4.90. The fourth-order valence-corrected chi connectivity index (χ4v) is 2.32. The predicted molar refractivity (Wildman–Crippen MR) is 73.4 cm³/mol. The van der Waals surface area contributed by atoms with E-state index in [4.69, 9.17) is 5.73 Å². The van der Waals surface area contributed by atoms with Crippen LogP contribution >= 0.6 is 0 Å². The number of hydrogen-bond donors (Lipinski definition) is 2. The summed E-state index contributed by atoms with van der Waals surface area (Å²) in [5.41, 5.74) is 5.82. The Balaban J connectivity index is 1.80. The number of halogens is 1. The van der Waals surface area contributed by atoms with Crippen molar-refractivity contribution >= 4 is 11.6 Å². The molecule has 1 amide bonds. The van der Waals surface area contributed by atoms with E-state index in [0.717, 1.165) is 19.6 Å². The van der Waals surface area contributed by atoms with Crippen molar-refractivity contribution in [3.63, 3.8) is 0 Å². The Labute approximate surface area is 112 Å². The van der Waals surface area contributed by atoms with E-state index in [0.29, 0.717) is 12.2 Å². The number of rotatable bonds is 4. The van der Waals surface area contributed by atoms with E-state index < -0.39 is 5.82 Å². The molecule has 1 heterocycles. The van der Waals surface area contributed by atoms with Crippen molar-refractivity contribution < 1.29 is 9.18 Å². The summed E-state index contributed by atoms with van der Waals surface area (Å²) < 4.78 is 13.5. The SMILES string of the molecule is Nc1ccc(C(=O)NCCN2CCCCC2)c(F)c1. The van der Waals surface area contributed by atoms with Gasteiger partial charge in [0.1, 0.15) is 5.82 Å². The maximum Gasteiger partial charge on any atom is 0.254 e. The molecule has 0 atom stereocenters. The maximum atomic E-state index is 13.5. The summed E-state index contributed by atoms with van der Waals surface area (Å²) in [4.78, 5) is 14.1. The van der Waals surface area contributed by atoms with E-state index in [1.54, 1.807) is 0 Å². The molecular weight excluding hydrogens is 245 g/mol. The first-order chi connectivity index (χ1) is 9.16. The molecule has 3 N–H and O–H groups in total. The lowest BCUT2D eigenvalue weighted by Crippen LogP contribution is -2.37. The molecular formula is C14H20FN3O. The number of nitrogen functional groups attached to an aromatic ring is 1. The van der Waals surface area contributed by atoms with Crippen LogP contribution in [0.3, 0.4) is 0 Å². The van der Waals surface area contributed by atoms with E-state index in [-0.39, 0.29) is 11.5 Å². The number of benzene rings is 1. The Morgan fingerprint density at radius 3 is 2.74 bits per heavy atom. The van der Waals surface area contributed by atoms with Gasteiger partial charge in [0.15, 0.2) is 0 Å². The Hall–Kier alpha value is -1.62. The standard InChI is InChI=1S/C14H20FN3O/c15-13-10-11(16)4-5-12(13)14(19)17-6-9-18-7-2-1-3-8-18/h4-5,10H,1-3,6-9,16H2,(H,17,19). The van der Waals surface area contributed by atoms with Crippen LogP contribution in [0.4, 0.5) is 10.1 Å². The number of piperidine rings is 1. The number of nitrogens with one attached hydrogen (secondary N) is 1. The van der Waals surface area contributed by atoms with Crippen LogP contribution < -0.4 is 11.1 Å². The van der Waals surface area contributed by atoms with E-state index in [1.165, 1.54) is 37.5 Å². The van der Waals surface area contributed by atoms with Gasteiger partial charge >= 0.3 is 0 Å². The van der Waals surface area contributed by atoms with Crippen LogP contribution in [0.2, 0.25) is 0 Å². The van der Waals surface area contributed by atoms with Crippen LogP contribution in [0.5, 0.6) is 0 Å². The maximum absolute atomic E-state index is 13.5. The van der Waals surface area contributed by atoms with Gasteiger partial charge in [0.25, 0.3) is 5.91 Å². The minimum atomic E-state index is -0.574. The predicted octanol–water partition coefficient (Wildman–Crippen LogP) is 1.62. The molecule has 0 spiro atoms. The number of hydrogen-bond acceptors (Lipinski definition) is 3. The van der Waals surface area contributed by atoms with E-state index in [2.05, 4.69) is 10.2 Å². The third-order valence-electron chi connectivity index (χ3n) is 3.40. The molecule has 19 heavy (non-hydrogen) atoms. The molecule has 1 saturated heterocycles. The van der Waals surface area contributed by atoms with Crippen molar-refractivity contribution in [1.82, 2.24) is 10.2 Å². The summed E-state index contributed by atoms with van der Waals surface area (Å²) in [5, 5.41) is 2.75. The summed E-state index contributed by atoms with van der Waals surface area (Å²) in [6, 6.07) is 4.11. The largest absolute Gasteiger partial charge is 0.399 e. The first-order valence-electron chi connectivity index (χ1n) is 6.72. The number of carbonyl (C=O) groups is 1.